The minimum atomic E-state index is -0.353. The summed E-state index contributed by atoms with van der Waals surface area (Å²) in [5.74, 6) is 0.773. The monoisotopic (exact) mass is 354 g/mol. The molecule has 1 N–H and O–H groups in total. The van der Waals surface area contributed by atoms with Crippen LogP contribution < -0.4 is 5.32 Å². The molecule has 1 atom stereocenters. The van der Waals surface area contributed by atoms with Gasteiger partial charge in [-0.25, -0.2) is 0 Å². The van der Waals surface area contributed by atoms with Gasteiger partial charge in [0.15, 0.2) is 0 Å². The van der Waals surface area contributed by atoms with Gasteiger partial charge < -0.3 is 9.84 Å². The molecule has 0 aliphatic rings. The third-order valence-electron chi connectivity index (χ3n) is 3.99. The van der Waals surface area contributed by atoms with Gasteiger partial charge in [0.25, 0.3) is 0 Å². The zero-order valence-electron chi connectivity index (χ0n) is 15.1. The number of aromatic nitrogens is 5. The molecule has 0 radical (unpaired) electrons. The van der Waals surface area contributed by atoms with E-state index in [0.29, 0.717) is 31.1 Å². The predicted molar refractivity (Wildman–Crippen MR) is 95.0 cm³/mol. The highest BCUT2D eigenvalue weighted by Crippen LogP contribution is 2.17. The SMILES string of the molecule is Cc1cc(C)n(CCCC(=O)N[C@@H](C)c2nc(-c3cccnc3)no2)n1. The zero-order chi connectivity index (χ0) is 18.5. The zero-order valence-corrected chi connectivity index (χ0v) is 15.1. The molecule has 0 spiro atoms. The van der Waals surface area contributed by atoms with Crippen molar-refractivity contribution in [2.75, 3.05) is 0 Å². The van der Waals surface area contributed by atoms with Crippen molar-refractivity contribution in [3.8, 4) is 11.4 Å². The second-order valence-electron chi connectivity index (χ2n) is 6.24. The van der Waals surface area contributed by atoms with Crippen LogP contribution in [0.3, 0.4) is 0 Å². The Balaban J connectivity index is 1.50. The van der Waals surface area contributed by atoms with Crippen molar-refractivity contribution >= 4 is 5.91 Å². The van der Waals surface area contributed by atoms with Gasteiger partial charge in [0.05, 0.1) is 5.69 Å². The van der Waals surface area contributed by atoms with Crippen LogP contribution in [0.4, 0.5) is 0 Å². The molecule has 1 amide bonds. The van der Waals surface area contributed by atoms with Crippen LogP contribution >= 0.6 is 0 Å². The van der Waals surface area contributed by atoms with E-state index in [1.165, 1.54) is 0 Å². The maximum Gasteiger partial charge on any atom is 0.249 e. The molecule has 0 aliphatic carbocycles. The third kappa shape index (κ3) is 4.33. The number of carbonyl (C=O) groups excluding carboxylic acids is 1. The van der Waals surface area contributed by atoms with Crippen molar-refractivity contribution in [3.05, 3.63) is 47.9 Å². The van der Waals surface area contributed by atoms with E-state index in [1.807, 2.05) is 37.6 Å². The predicted octanol–water partition coefficient (Wildman–Crippen LogP) is 2.60. The number of nitrogens with one attached hydrogen (secondary N) is 1. The fourth-order valence-electron chi connectivity index (χ4n) is 2.69. The molecular formula is C18H22N6O2. The van der Waals surface area contributed by atoms with Crippen molar-refractivity contribution in [1.82, 2.24) is 30.2 Å². The molecule has 0 bridgehead atoms. The summed E-state index contributed by atoms with van der Waals surface area (Å²) in [7, 11) is 0. The molecule has 3 aromatic heterocycles. The Hall–Kier alpha value is -3.03. The summed E-state index contributed by atoms with van der Waals surface area (Å²) >= 11 is 0. The quantitative estimate of drug-likeness (QED) is 0.700. The highest BCUT2D eigenvalue weighted by Gasteiger charge is 2.17. The molecule has 136 valence electrons. The Labute approximate surface area is 151 Å². The number of aryl methyl sites for hydroxylation is 3. The molecule has 0 saturated carbocycles. The fourth-order valence-corrected chi connectivity index (χ4v) is 2.69. The molecule has 3 heterocycles. The van der Waals surface area contributed by atoms with Crippen LogP contribution in [0.15, 0.2) is 35.1 Å². The summed E-state index contributed by atoms with van der Waals surface area (Å²) in [5.41, 5.74) is 2.86. The van der Waals surface area contributed by atoms with Gasteiger partial charge in [0.2, 0.25) is 17.6 Å². The van der Waals surface area contributed by atoms with Gasteiger partial charge in [0, 0.05) is 36.6 Å². The van der Waals surface area contributed by atoms with Crippen LogP contribution in [-0.4, -0.2) is 30.8 Å². The number of amides is 1. The van der Waals surface area contributed by atoms with E-state index < -0.39 is 0 Å². The van der Waals surface area contributed by atoms with Crippen LogP contribution in [0.5, 0.6) is 0 Å². The second kappa shape index (κ2) is 7.90. The van der Waals surface area contributed by atoms with Crippen LogP contribution in [-0.2, 0) is 11.3 Å². The molecule has 8 heteroatoms. The summed E-state index contributed by atoms with van der Waals surface area (Å²) in [6, 6.07) is 5.33. The van der Waals surface area contributed by atoms with Gasteiger partial charge >= 0.3 is 0 Å². The van der Waals surface area contributed by atoms with Gasteiger partial charge in [-0.15, -0.1) is 0 Å². The van der Waals surface area contributed by atoms with Gasteiger partial charge in [-0.2, -0.15) is 10.1 Å². The molecule has 0 fully saturated rings. The average molecular weight is 354 g/mol. The summed E-state index contributed by atoms with van der Waals surface area (Å²) in [6.45, 7) is 6.51. The second-order valence-corrected chi connectivity index (χ2v) is 6.24. The van der Waals surface area contributed by atoms with E-state index in [4.69, 9.17) is 4.52 Å². The summed E-state index contributed by atoms with van der Waals surface area (Å²) in [4.78, 5) is 20.5. The van der Waals surface area contributed by atoms with Crippen molar-refractivity contribution in [3.63, 3.8) is 0 Å². The Morgan fingerprint density at radius 2 is 2.23 bits per heavy atom. The molecule has 3 aromatic rings. The molecule has 0 saturated heterocycles. The number of carbonyl (C=O) groups is 1. The van der Waals surface area contributed by atoms with E-state index in [9.17, 15) is 4.79 Å². The van der Waals surface area contributed by atoms with Gasteiger partial charge in [-0.3, -0.25) is 14.5 Å². The Morgan fingerprint density at radius 1 is 1.38 bits per heavy atom. The maximum absolute atomic E-state index is 12.1. The lowest BCUT2D eigenvalue weighted by Gasteiger charge is -2.10. The topological polar surface area (TPSA) is 98.7 Å². The van der Waals surface area contributed by atoms with E-state index in [0.717, 1.165) is 17.0 Å². The molecular weight excluding hydrogens is 332 g/mol. The first kappa shape index (κ1) is 17.8. The Bertz CT molecular complexity index is 871. The van der Waals surface area contributed by atoms with Crippen LogP contribution in [0.2, 0.25) is 0 Å². The number of rotatable bonds is 7. The number of hydrogen-bond donors (Lipinski definition) is 1. The van der Waals surface area contributed by atoms with Crippen LogP contribution in [0, 0.1) is 13.8 Å². The first-order valence-corrected chi connectivity index (χ1v) is 8.57. The Kier molecular flexibility index (Phi) is 5.40. The van der Waals surface area contributed by atoms with Gasteiger partial charge in [-0.1, -0.05) is 5.16 Å². The molecule has 8 nitrogen and oxygen atoms in total. The lowest BCUT2D eigenvalue weighted by atomic mass is 10.2. The first-order valence-electron chi connectivity index (χ1n) is 8.57. The standard InChI is InChI=1S/C18H22N6O2/c1-12-10-13(2)24(22-12)9-5-7-16(25)20-14(3)18-21-17(23-26-18)15-6-4-8-19-11-15/h4,6,8,10-11,14H,5,7,9H2,1-3H3,(H,20,25)/t14-/m0/s1. The summed E-state index contributed by atoms with van der Waals surface area (Å²) in [5, 5.41) is 11.2. The highest BCUT2D eigenvalue weighted by molar-refractivity contribution is 5.76. The maximum atomic E-state index is 12.1. The average Bonchev–Trinajstić information content (AvgIpc) is 3.23. The summed E-state index contributed by atoms with van der Waals surface area (Å²) in [6.07, 6.45) is 4.47. The van der Waals surface area contributed by atoms with Crippen LogP contribution in [0.1, 0.15) is 43.1 Å². The molecule has 0 aromatic carbocycles. The molecule has 26 heavy (non-hydrogen) atoms. The van der Waals surface area contributed by atoms with Crippen molar-refractivity contribution < 1.29 is 9.32 Å². The number of hydrogen-bond acceptors (Lipinski definition) is 6. The van der Waals surface area contributed by atoms with Crippen LogP contribution in [0.25, 0.3) is 11.4 Å². The third-order valence-corrected chi connectivity index (χ3v) is 3.99. The number of pyridine rings is 1. The smallest absolute Gasteiger partial charge is 0.249 e. The number of nitrogens with zero attached hydrogens (tertiary/aromatic N) is 5. The first-order chi connectivity index (χ1) is 12.5. The molecule has 0 aliphatic heterocycles. The highest BCUT2D eigenvalue weighted by atomic mass is 16.5. The van der Waals surface area contributed by atoms with E-state index in [1.54, 1.807) is 18.5 Å². The van der Waals surface area contributed by atoms with Crippen molar-refractivity contribution in [1.29, 1.82) is 0 Å². The molecule has 0 unspecified atom stereocenters. The van der Waals surface area contributed by atoms with E-state index >= 15 is 0 Å². The summed E-state index contributed by atoms with van der Waals surface area (Å²) < 4.78 is 7.18. The van der Waals surface area contributed by atoms with E-state index in [-0.39, 0.29) is 11.9 Å². The lowest BCUT2D eigenvalue weighted by Crippen LogP contribution is -2.26. The van der Waals surface area contributed by atoms with Gasteiger partial charge in [0.1, 0.15) is 6.04 Å². The fraction of sp³-hybridized carbons (Fsp3) is 0.389. The normalized spacial score (nSPS) is 12.1. The van der Waals surface area contributed by atoms with E-state index in [2.05, 4.69) is 25.5 Å². The van der Waals surface area contributed by atoms with Gasteiger partial charge in [-0.05, 0) is 45.4 Å². The Morgan fingerprint density at radius 3 is 2.92 bits per heavy atom. The van der Waals surface area contributed by atoms with Crippen molar-refractivity contribution in [2.24, 2.45) is 0 Å². The minimum Gasteiger partial charge on any atom is -0.345 e. The minimum absolute atomic E-state index is 0.0554. The molecule has 3 rings (SSSR count). The van der Waals surface area contributed by atoms with Crippen molar-refractivity contribution in [2.45, 2.75) is 46.2 Å². The largest absolute Gasteiger partial charge is 0.345 e. The lowest BCUT2D eigenvalue weighted by molar-refractivity contribution is -0.122.